The Morgan fingerprint density at radius 2 is 0.496 bits per heavy atom. The van der Waals surface area contributed by atoms with E-state index >= 15 is 0 Å². The molecule has 10 atom stereocenters. The van der Waals surface area contributed by atoms with Gasteiger partial charge in [-0.2, -0.15) is 21.8 Å². The van der Waals surface area contributed by atoms with Gasteiger partial charge in [-0.1, -0.05) is 36.4 Å². The topological polar surface area (TPSA) is 513 Å². The molecule has 39 nitrogen and oxygen atoms in total. The van der Waals surface area contributed by atoms with Crippen LogP contribution < -0.4 is 53.2 Å². The van der Waals surface area contributed by atoms with Gasteiger partial charge in [-0.3, -0.25) is 0 Å². The van der Waals surface area contributed by atoms with Crippen molar-refractivity contribution in [1.82, 2.24) is 59.8 Å². The Hall–Kier alpha value is -11.2. The summed E-state index contributed by atoms with van der Waals surface area (Å²) in [5.74, 6) is 9.45. The second-order valence-corrected chi connectivity index (χ2v) is 49.9. The number of aromatic nitrogens is 12. The van der Waals surface area contributed by atoms with Gasteiger partial charge >= 0.3 is 0 Å². The van der Waals surface area contributed by atoms with Gasteiger partial charge < -0.3 is 86.3 Å². The van der Waals surface area contributed by atoms with Gasteiger partial charge in [0.15, 0.2) is 58.2 Å². The van der Waals surface area contributed by atoms with E-state index in [9.17, 15) is 21.0 Å². The van der Waals surface area contributed by atoms with Crippen LogP contribution in [-0.4, -0.2) is 294 Å². The van der Waals surface area contributed by atoms with Crippen LogP contribution in [0.2, 0.25) is 0 Å². The van der Waals surface area contributed by atoms with Gasteiger partial charge in [-0.05, 0) is 148 Å². The number of hydrogen-bond acceptors (Lipinski definition) is 39. The van der Waals surface area contributed by atoms with Crippen molar-refractivity contribution in [3.05, 3.63) is 139 Å². The van der Waals surface area contributed by atoms with Gasteiger partial charge in [0.2, 0.25) is 0 Å². The smallest absolute Gasteiger partial charge is 0.167 e. The highest BCUT2D eigenvalue weighted by Gasteiger charge is 2.37. The van der Waals surface area contributed by atoms with Crippen LogP contribution in [0.4, 0.5) is 86.9 Å². The number of anilines is 10. The van der Waals surface area contributed by atoms with Crippen LogP contribution in [0.15, 0.2) is 149 Å². The van der Waals surface area contributed by atoms with Crippen molar-refractivity contribution in [2.45, 2.75) is 143 Å². The third kappa shape index (κ3) is 26.4. The SMILES string of the molecule is C[C@@H]1COCCN1c1cc(N=[S@@](C)(=O)C2CC2)nc(-c2cccc(N)c2)n1.C[C@@H]1COCCN1c1cc(N=[S@@](C)(=O)C2COC2)nc(-c2cccc(N)c2)n1.C[C@@H]1COCCN1c1cc(N=[S@@](C)(=O)C2COC2)nc(-c2cccc(N)c2)n1.Cc1cc(-c2nc(N=[S@@](C)(=O)C3CC3)cc(N3CCOC[C@H]3C)n2)cc(N)n1.Cc1cc(-c2nc(N=[S@@](C)(=O)C3CC3)cc(N3CCOC[C@H]3C)n2)cc(N)n1. The normalized spacial score (nSPS) is 22.2. The molecule has 0 unspecified atom stereocenters. The molecular formula is C95H127N27O12S5. The number of aryl methyl sites for hydroxylation is 2. The Bertz CT molecular complexity index is 6460. The van der Waals surface area contributed by atoms with Crippen LogP contribution in [0.5, 0.6) is 0 Å². The zero-order chi connectivity index (χ0) is 98.2. The molecule has 7 aromatic heterocycles. The zero-order valence-corrected chi connectivity index (χ0v) is 84.8. The van der Waals surface area contributed by atoms with Crippen molar-refractivity contribution >= 4 is 136 Å². The van der Waals surface area contributed by atoms with Crippen LogP contribution in [-0.2, 0) is 81.8 Å². The average molecular weight is 2000 g/mol. The highest BCUT2D eigenvalue weighted by atomic mass is 32.2. The third-order valence-electron chi connectivity index (χ3n) is 25.0. The Labute approximate surface area is 814 Å². The zero-order valence-electron chi connectivity index (χ0n) is 80.7. The number of nitrogen functional groups attached to an aromatic ring is 5. The molecule has 44 heteroatoms. The highest BCUT2D eigenvalue weighted by molar-refractivity contribution is 7.95. The number of benzene rings is 3. The van der Waals surface area contributed by atoms with E-state index in [1.165, 1.54) is 0 Å². The molecule has 0 spiro atoms. The predicted molar refractivity (Wildman–Crippen MR) is 552 cm³/mol. The maximum absolute atomic E-state index is 13.0. The summed E-state index contributed by atoms with van der Waals surface area (Å²) < 4.78 is 126. The number of morpholine rings is 5. The summed E-state index contributed by atoms with van der Waals surface area (Å²) in [6.07, 6.45) is 14.3. The maximum atomic E-state index is 13.0. The summed E-state index contributed by atoms with van der Waals surface area (Å²) in [6.45, 7) is 26.2. The standard InChI is InChI=1S/2C19H26N6O2S.2C19H25N5O3S.C19H25N5O2S/c2*1-12-8-14(9-16(20)21-12)19-22-17(24-28(3,26)15-4-5-15)10-18(23-19)25-6-7-27-11-13(25)2;2*1-13-10-26-7-6-24(13)18-9-17(23-28(2,25)16-11-27-12-16)21-19(22-18)14-4-3-5-15(20)8-14;1-13-12-26-9-8-24(13)18-11-17(23-27(2,25)16-6-7-16)21-19(22-18)14-4-3-5-15(20)10-14/h2*8-10,13,15H,4-7,11H2,1-3H3,(H2,20,21);2*3-5,8-9,13,16H,6-7,10-12,20H2,1-2H3;3-5,10-11,13,16H,6-9,12,20H2,1-2H3/t4*13-,28+;13-,27+/m11111/s1. The van der Waals surface area contributed by atoms with E-state index in [1.54, 1.807) is 55.5 Å². The van der Waals surface area contributed by atoms with Crippen molar-refractivity contribution in [3.63, 3.8) is 0 Å². The van der Waals surface area contributed by atoms with Gasteiger partial charge in [-0.15, -0.1) is 0 Å². The molecule has 0 amide bonds. The van der Waals surface area contributed by atoms with E-state index in [0.29, 0.717) is 179 Å². The largest absolute Gasteiger partial charge is 0.399 e. The number of hydrogen-bond donors (Lipinski definition) is 5. The molecule has 0 bridgehead atoms. The minimum Gasteiger partial charge on any atom is -0.399 e. The van der Waals surface area contributed by atoms with Crippen molar-refractivity contribution in [1.29, 1.82) is 0 Å². The number of rotatable bonds is 20. The minimum absolute atomic E-state index is 0.0657. The quantitative estimate of drug-likeness (QED) is 0.0442. The number of ether oxygens (including phenoxy) is 7. The molecular weight excluding hydrogens is 1870 g/mol. The first kappa shape index (κ1) is 101. The van der Waals surface area contributed by atoms with Crippen molar-refractivity contribution < 1.29 is 54.2 Å². The molecule has 10 aromatic rings. The fourth-order valence-electron chi connectivity index (χ4n) is 16.5. The Morgan fingerprint density at radius 1 is 0.273 bits per heavy atom. The number of pyridine rings is 2. The summed E-state index contributed by atoms with van der Waals surface area (Å²) in [7, 11) is -11.8. The molecule has 3 aromatic carbocycles. The Kier molecular flexibility index (Phi) is 31.6. The second kappa shape index (κ2) is 43.5. The Balaban J connectivity index is 0.000000125. The first-order chi connectivity index (χ1) is 66.4. The van der Waals surface area contributed by atoms with E-state index in [1.807, 2.05) is 117 Å². The summed E-state index contributed by atoms with van der Waals surface area (Å²) >= 11 is 0. The molecule has 14 heterocycles. The van der Waals surface area contributed by atoms with E-state index in [4.69, 9.17) is 86.7 Å². The average Bonchev–Trinajstić information content (AvgIpc) is 1.59. The van der Waals surface area contributed by atoms with Crippen molar-refractivity contribution in [2.75, 3.05) is 210 Å². The molecule has 10 N–H and O–H groups in total. The fourth-order valence-corrected chi connectivity index (χ4v) is 24.0. The summed E-state index contributed by atoms with van der Waals surface area (Å²) in [5, 5.41) is 0.369. The first-order valence-corrected chi connectivity index (χ1v) is 56.8. The van der Waals surface area contributed by atoms with Crippen LogP contribution >= 0.6 is 0 Å². The molecule has 0 radical (unpaired) electrons. The molecule has 7 saturated heterocycles. The lowest BCUT2D eigenvalue weighted by Crippen LogP contribution is -2.44. The molecule has 744 valence electrons. The molecule has 10 aliphatic rings. The van der Waals surface area contributed by atoms with Gasteiger partial charge in [0, 0.05) is 166 Å². The summed E-state index contributed by atoms with van der Waals surface area (Å²) in [5.41, 5.74) is 37.1. The second-order valence-electron chi connectivity index (χ2n) is 37.0. The van der Waals surface area contributed by atoms with Crippen molar-refractivity contribution in [2.24, 2.45) is 21.8 Å². The maximum Gasteiger partial charge on any atom is 0.167 e. The highest BCUT2D eigenvalue weighted by Crippen LogP contribution is 2.40. The summed E-state index contributed by atoms with van der Waals surface area (Å²) in [4.78, 5) is 66.1. The van der Waals surface area contributed by atoms with Gasteiger partial charge in [-0.25, -0.2) is 80.9 Å². The van der Waals surface area contributed by atoms with E-state index < -0.39 is 48.6 Å². The lowest BCUT2D eigenvalue weighted by molar-refractivity contribution is 0.0430. The monoisotopic (exact) mass is 2000 g/mol. The molecule has 3 saturated carbocycles. The molecule has 7 aliphatic heterocycles. The van der Waals surface area contributed by atoms with Crippen LogP contribution in [0.3, 0.4) is 0 Å². The van der Waals surface area contributed by atoms with E-state index in [2.05, 4.69) is 116 Å². The molecule has 3 aliphatic carbocycles. The lowest BCUT2D eigenvalue weighted by Gasteiger charge is -2.34. The van der Waals surface area contributed by atoms with Crippen LogP contribution in [0.1, 0.15) is 84.5 Å². The fraction of sp³-hybridized carbons (Fsp3) is 0.495. The summed E-state index contributed by atoms with van der Waals surface area (Å²) in [6, 6.07) is 39.6. The van der Waals surface area contributed by atoms with Gasteiger partial charge in [0.05, 0.1) is 182 Å². The van der Waals surface area contributed by atoms with Gasteiger partial charge in [0.25, 0.3) is 0 Å². The van der Waals surface area contributed by atoms with Gasteiger partial charge in [0.1, 0.15) is 40.7 Å². The minimum atomic E-state index is -2.45. The molecule has 10 fully saturated rings. The number of nitrogens with two attached hydrogens (primary N) is 5. The third-order valence-corrected chi connectivity index (χ3v) is 35.8. The van der Waals surface area contributed by atoms with Crippen molar-refractivity contribution in [3.8, 4) is 56.9 Å². The van der Waals surface area contributed by atoms with E-state index in [-0.39, 0.29) is 56.5 Å². The van der Waals surface area contributed by atoms with Crippen LogP contribution in [0, 0.1) is 13.8 Å². The molecule has 20 rings (SSSR count). The number of nitrogens with zero attached hydrogens (tertiary/aromatic N) is 22. The first-order valence-electron chi connectivity index (χ1n) is 46.8. The lowest BCUT2D eigenvalue weighted by atomic mass is 10.2. The molecule has 139 heavy (non-hydrogen) atoms. The van der Waals surface area contributed by atoms with E-state index in [0.717, 1.165) is 140 Å². The predicted octanol–water partition coefficient (Wildman–Crippen LogP) is 12.1. The van der Waals surface area contributed by atoms with Crippen LogP contribution in [0.25, 0.3) is 56.9 Å². The Morgan fingerprint density at radius 3 is 0.691 bits per heavy atom.